The second kappa shape index (κ2) is 10.1. The molecule has 1 amide bonds. The summed E-state index contributed by atoms with van der Waals surface area (Å²) in [5.74, 6) is 0.733. The Balaban J connectivity index is 1.84. The van der Waals surface area contributed by atoms with Gasteiger partial charge in [0.25, 0.3) is 0 Å². The third-order valence-corrected chi connectivity index (χ3v) is 5.35. The van der Waals surface area contributed by atoms with Gasteiger partial charge in [-0.15, -0.1) is 11.8 Å². The van der Waals surface area contributed by atoms with Gasteiger partial charge >= 0.3 is 0 Å². The van der Waals surface area contributed by atoms with Crippen molar-refractivity contribution < 1.29 is 9.53 Å². The molecule has 4 nitrogen and oxygen atoms in total. The molecule has 0 aliphatic carbocycles. The second-order valence-corrected chi connectivity index (χ2v) is 8.16. The molecule has 1 aliphatic heterocycles. The highest BCUT2D eigenvalue weighted by molar-refractivity contribution is 8.00. The molecule has 2 unspecified atom stereocenters. The van der Waals surface area contributed by atoms with E-state index >= 15 is 0 Å². The smallest absolute Gasteiger partial charge is 0.233 e. The molecule has 1 fully saturated rings. The van der Waals surface area contributed by atoms with Crippen molar-refractivity contribution in [3.63, 3.8) is 0 Å². The quantitative estimate of drug-likeness (QED) is 0.732. The van der Waals surface area contributed by atoms with Crippen LogP contribution in [0.4, 0.5) is 0 Å². The van der Waals surface area contributed by atoms with Gasteiger partial charge in [0.15, 0.2) is 0 Å². The van der Waals surface area contributed by atoms with Crippen LogP contribution < -0.4 is 5.32 Å². The fraction of sp³-hybridized carbons (Fsp3) is 0.632. The van der Waals surface area contributed by atoms with Gasteiger partial charge in [0, 0.05) is 30.6 Å². The van der Waals surface area contributed by atoms with Crippen LogP contribution in [0.1, 0.15) is 27.2 Å². The van der Waals surface area contributed by atoms with E-state index in [-0.39, 0.29) is 11.2 Å². The van der Waals surface area contributed by atoms with Crippen molar-refractivity contribution in [1.29, 1.82) is 0 Å². The molecule has 2 atom stereocenters. The first-order valence-electron chi connectivity index (χ1n) is 8.87. The molecule has 0 spiro atoms. The number of hydrogen-bond donors (Lipinski definition) is 1. The molecular weight excluding hydrogens is 320 g/mol. The zero-order valence-corrected chi connectivity index (χ0v) is 15.8. The summed E-state index contributed by atoms with van der Waals surface area (Å²) in [6.07, 6.45) is 1.10. The highest BCUT2D eigenvalue weighted by atomic mass is 32.2. The van der Waals surface area contributed by atoms with Gasteiger partial charge in [0.05, 0.1) is 18.5 Å². The molecule has 0 bridgehead atoms. The molecule has 134 valence electrons. The predicted molar refractivity (Wildman–Crippen MR) is 100 cm³/mol. The van der Waals surface area contributed by atoms with Crippen molar-refractivity contribution >= 4 is 17.7 Å². The Labute approximate surface area is 150 Å². The van der Waals surface area contributed by atoms with Gasteiger partial charge < -0.3 is 10.1 Å². The topological polar surface area (TPSA) is 41.6 Å². The van der Waals surface area contributed by atoms with Crippen LogP contribution >= 0.6 is 11.8 Å². The minimum Gasteiger partial charge on any atom is -0.379 e. The average molecular weight is 351 g/mol. The van der Waals surface area contributed by atoms with Crippen LogP contribution in [0, 0.1) is 5.92 Å². The van der Waals surface area contributed by atoms with Crippen molar-refractivity contribution in [2.45, 2.75) is 43.4 Å². The lowest BCUT2D eigenvalue weighted by molar-refractivity contribution is -0.120. The van der Waals surface area contributed by atoms with E-state index in [1.165, 1.54) is 0 Å². The number of ether oxygens (including phenoxy) is 1. The number of carbonyl (C=O) groups excluding carboxylic acids is 1. The molecule has 2 rings (SSSR count). The van der Waals surface area contributed by atoms with E-state index in [1.54, 1.807) is 11.8 Å². The number of morpholine rings is 1. The van der Waals surface area contributed by atoms with Crippen molar-refractivity contribution in [2.24, 2.45) is 5.92 Å². The summed E-state index contributed by atoms with van der Waals surface area (Å²) in [5, 5.41) is 3.08. The third kappa shape index (κ3) is 6.46. The molecule has 1 N–H and O–H groups in total. The van der Waals surface area contributed by atoms with Crippen LogP contribution in [-0.4, -0.2) is 54.9 Å². The van der Waals surface area contributed by atoms with Gasteiger partial charge in [-0.05, 0) is 31.4 Å². The van der Waals surface area contributed by atoms with Gasteiger partial charge in [0.2, 0.25) is 5.91 Å². The molecular formula is C19H30N2O2S. The molecule has 1 aliphatic rings. The van der Waals surface area contributed by atoms with E-state index < -0.39 is 0 Å². The highest BCUT2D eigenvalue weighted by Gasteiger charge is 2.23. The number of nitrogens with one attached hydrogen (secondary N) is 1. The summed E-state index contributed by atoms with van der Waals surface area (Å²) in [5.41, 5.74) is 0. The number of rotatable bonds is 8. The second-order valence-electron chi connectivity index (χ2n) is 6.75. The maximum absolute atomic E-state index is 12.4. The van der Waals surface area contributed by atoms with E-state index in [4.69, 9.17) is 4.74 Å². The molecule has 0 radical (unpaired) electrons. The summed E-state index contributed by atoms with van der Waals surface area (Å²) in [6, 6.07) is 10.5. The molecule has 1 aromatic carbocycles. The number of amides is 1. The van der Waals surface area contributed by atoms with Crippen LogP contribution in [0.15, 0.2) is 35.2 Å². The summed E-state index contributed by atoms with van der Waals surface area (Å²) >= 11 is 1.61. The SMILES string of the molecule is CC(C)CC(CNC(=O)C(C)Sc1ccccc1)N1CCOCC1. The molecule has 1 heterocycles. The fourth-order valence-corrected chi connectivity index (χ4v) is 3.88. The first-order chi connectivity index (χ1) is 11.6. The molecule has 24 heavy (non-hydrogen) atoms. The van der Waals surface area contributed by atoms with Gasteiger partial charge in [0.1, 0.15) is 0 Å². The van der Waals surface area contributed by atoms with E-state index in [0.717, 1.165) is 44.2 Å². The van der Waals surface area contributed by atoms with Gasteiger partial charge in [-0.3, -0.25) is 9.69 Å². The standard InChI is InChI=1S/C19H30N2O2S/c1-15(2)13-17(21-9-11-23-12-10-21)14-20-19(22)16(3)24-18-7-5-4-6-8-18/h4-8,15-17H,9-14H2,1-3H3,(H,20,22). The lowest BCUT2D eigenvalue weighted by atomic mass is 10.0. The first kappa shape index (κ1) is 19.3. The van der Waals surface area contributed by atoms with Gasteiger partial charge in [-0.25, -0.2) is 0 Å². The Morgan fingerprint density at radius 3 is 2.50 bits per heavy atom. The van der Waals surface area contributed by atoms with Crippen molar-refractivity contribution in [3.05, 3.63) is 30.3 Å². The van der Waals surface area contributed by atoms with Crippen LogP contribution in [0.5, 0.6) is 0 Å². The lowest BCUT2D eigenvalue weighted by Gasteiger charge is -2.35. The molecule has 1 aromatic rings. The van der Waals surface area contributed by atoms with Crippen molar-refractivity contribution in [1.82, 2.24) is 10.2 Å². The fourth-order valence-electron chi connectivity index (χ4n) is 2.97. The Morgan fingerprint density at radius 1 is 1.21 bits per heavy atom. The normalized spacial score (nSPS) is 18.3. The highest BCUT2D eigenvalue weighted by Crippen LogP contribution is 2.22. The summed E-state index contributed by atoms with van der Waals surface area (Å²) in [4.78, 5) is 16.0. The monoisotopic (exact) mass is 350 g/mol. The predicted octanol–water partition coefficient (Wildman–Crippen LogP) is 3.03. The number of thioether (sulfide) groups is 1. The third-order valence-electron chi connectivity index (χ3n) is 4.24. The number of hydrogen-bond acceptors (Lipinski definition) is 4. The number of benzene rings is 1. The number of carbonyl (C=O) groups is 1. The number of nitrogens with zero attached hydrogens (tertiary/aromatic N) is 1. The Bertz CT molecular complexity index is 489. The van der Waals surface area contributed by atoms with Crippen LogP contribution in [0.25, 0.3) is 0 Å². The summed E-state index contributed by atoms with van der Waals surface area (Å²) < 4.78 is 5.45. The van der Waals surface area contributed by atoms with E-state index in [2.05, 4.69) is 24.1 Å². The maximum atomic E-state index is 12.4. The summed E-state index contributed by atoms with van der Waals surface area (Å²) in [7, 11) is 0. The first-order valence-corrected chi connectivity index (χ1v) is 9.75. The lowest BCUT2D eigenvalue weighted by Crippen LogP contribution is -2.50. The van der Waals surface area contributed by atoms with Crippen molar-refractivity contribution in [2.75, 3.05) is 32.8 Å². The minimum absolute atomic E-state index is 0.0863. The van der Waals surface area contributed by atoms with Crippen LogP contribution in [-0.2, 0) is 9.53 Å². The van der Waals surface area contributed by atoms with Gasteiger partial charge in [-0.2, -0.15) is 0 Å². The van der Waals surface area contributed by atoms with E-state index in [1.807, 2.05) is 37.3 Å². The molecule has 5 heteroatoms. The molecule has 1 saturated heterocycles. The average Bonchev–Trinajstić information content (AvgIpc) is 2.59. The Morgan fingerprint density at radius 2 is 1.88 bits per heavy atom. The Hall–Kier alpha value is -1.04. The van der Waals surface area contributed by atoms with E-state index in [9.17, 15) is 4.79 Å². The molecule has 0 aromatic heterocycles. The van der Waals surface area contributed by atoms with Gasteiger partial charge in [-0.1, -0.05) is 32.0 Å². The largest absolute Gasteiger partial charge is 0.379 e. The van der Waals surface area contributed by atoms with Crippen LogP contribution in [0.3, 0.4) is 0 Å². The minimum atomic E-state index is -0.0863. The maximum Gasteiger partial charge on any atom is 0.233 e. The van der Waals surface area contributed by atoms with E-state index in [0.29, 0.717) is 12.0 Å². The summed E-state index contributed by atoms with van der Waals surface area (Å²) in [6.45, 7) is 10.7. The van der Waals surface area contributed by atoms with Crippen LogP contribution in [0.2, 0.25) is 0 Å². The van der Waals surface area contributed by atoms with Crippen molar-refractivity contribution in [3.8, 4) is 0 Å². The zero-order chi connectivity index (χ0) is 17.4. The Kier molecular flexibility index (Phi) is 8.09. The zero-order valence-electron chi connectivity index (χ0n) is 15.0. The molecule has 0 saturated carbocycles.